The number of nitrogens with zero attached hydrogens (tertiary/aromatic N) is 2. The maximum absolute atomic E-state index is 14.1. The van der Waals surface area contributed by atoms with E-state index < -0.39 is 11.5 Å². The predicted octanol–water partition coefficient (Wildman–Crippen LogP) is 5.60. The molecule has 1 unspecified atom stereocenters. The monoisotopic (exact) mass is 461 g/mol. The molecule has 5 heteroatoms. The molecule has 1 atom stereocenters. The highest BCUT2D eigenvalue weighted by Crippen LogP contribution is 2.38. The first-order valence-corrected chi connectivity index (χ1v) is 12.8. The SMILES string of the molecule is CC1(C(=O)N(c2ccc(C(C)(C)C)cc2)C(C(=O)CC2CCCCC2)c2cccnc2)CNC1. The van der Waals surface area contributed by atoms with E-state index in [-0.39, 0.29) is 17.1 Å². The van der Waals surface area contributed by atoms with Crippen molar-refractivity contribution < 1.29 is 9.59 Å². The Morgan fingerprint density at radius 1 is 1.09 bits per heavy atom. The Morgan fingerprint density at radius 3 is 2.29 bits per heavy atom. The lowest BCUT2D eigenvalue weighted by Crippen LogP contribution is -2.61. The van der Waals surface area contributed by atoms with Crippen LogP contribution in [0.25, 0.3) is 0 Å². The lowest BCUT2D eigenvalue weighted by molar-refractivity contribution is -0.133. The number of anilines is 1. The zero-order valence-electron chi connectivity index (χ0n) is 21.1. The molecule has 1 N–H and O–H groups in total. The van der Waals surface area contributed by atoms with E-state index in [1.165, 1.54) is 24.8 Å². The summed E-state index contributed by atoms with van der Waals surface area (Å²) in [5, 5.41) is 3.25. The highest BCUT2D eigenvalue weighted by atomic mass is 16.2. The Balaban J connectivity index is 1.75. The van der Waals surface area contributed by atoms with Crippen molar-refractivity contribution in [3.05, 3.63) is 59.9 Å². The van der Waals surface area contributed by atoms with Gasteiger partial charge in [-0.3, -0.25) is 19.5 Å². The molecule has 34 heavy (non-hydrogen) atoms. The minimum absolute atomic E-state index is 0.000561. The normalized spacial score (nSPS) is 19.2. The first kappa shape index (κ1) is 24.6. The van der Waals surface area contributed by atoms with E-state index in [1.807, 2.05) is 31.2 Å². The molecule has 1 aliphatic heterocycles. The fraction of sp³-hybridized carbons (Fsp3) is 0.552. The predicted molar refractivity (Wildman–Crippen MR) is 137 cm³/mol. The van der Waals surface area contributed by atoms with Gasteiger partial charge in [-0.05, 0) is 42.0 Å². The van der Waals surface area contributed by atoms with Crippen LogP contribution < -0.4 is 10.2 Å². The van der Waals surface area contributed by atoms with Crippen LogP contribution in [-0.4, -0.2) is 29.8 Å². The van der Waals surface area contributed by atoms with E-state index >= 15 is 0 Å². The van der Waals surface area contributed by atoms with Gasteiger partial charge in [-0.25, -0.2) is 0 Å². The third kappa shape index (κ3) is 5.25. The summed E-state index contributed by atoms with van der Waals surface area (Å²) in [5.74, 6) is 0.520. The quantitative estimate of drug-likeness (QED) is 0.583. The number of ketones is 1. The van der Waals surface area contributed by atoms with Crippen molar-refractivity contribution in [3.63, 3.8) is 0 Å². The van der Waals surface area contributed by atoms with Gasteiger partial charge >= 0.3 is 0 Å². The van der Waals surface area contributed by atoms with Gasteiger partial charge in [0.05, 0.1) is 5.41 Å². The van der Waals surface area contributed by atoms with Crippen molar-refractivity contribution >= 4 is 17.4 Å². The van der Waals surface area contributed by atoms with E-state index in [2.05, 4.69) is 43.2 Å². The Morgan fingerprint density at radius 2 is 1.76 bits per heavy atom. The summed E-state index contributed by atoms with van der Waals surface area (Å²) in [6, 6.07) is 11.3. The summed E-state index contributed by atoms with van der Waals surface area (Å²) in [5.41, 5.74) is 2.25. The molecule has 1 amide bonds. The fourth-order valence-electron chi connectivity index (χ4n) is 5.25. The average molecular weight is 462 g/mol. The number of Topliss-reactive ketones (excluding diaryl/α,β-unsaturated/α-hetero) is 1. The molecule has 1 saturated carbocycles. The molecule has 2 aliphatic rings. The first-order valence-electron chi connectivity index (χ1n) is 12.8. The lowest BCUT2D eigenvalue weighted by Gasteiger charge is -2.44. The number of amides is 1. The Hall–Kier alpha value is -2.53. The molecule has 5 nitrogen and oxygen atoms in total. The Kier molecular flexibility index (Phi) is 7.22. The highest BCUT2D eigenvalue weighted by molar-refractivity contribution is 6.05. The van der Waals surface area contributed by atoms with E-state index in [1.54, 1.807) is 17.3 Å². The zero-order valence-corrected chi connectivity index (χ0v) is 21.1. The Bertz CT molecular complexity index is 984. The maximum Gasteiger partial charge on any atom is 0.236 e. The third-order valence-corrected chi connectivity index (χ3v) is 7.55. The molecule has 0 radical (unpaired) electrons. The summed E-state index contributed by atoms with van der Waals surface area (Å²) in [4.78, 5) is 34.1. The summed E-state index contributed by atoms with van der Waals surface area (Å²) >= 11 is 0. The standard InChI is InChI=1S/C29H39N3O2/c1-28(2,3)23-12-14-24(15-13-23)32(27(34)29(4)19-31-20-29)26(22-11-8-16-30-18-22)25(33)17-21-9-6-5-7-10-21/h8,11-16,18,21,26,31H,5-7,9-10,17,19-20H2,1-4H3. The number of hydrogen-bond donors (Lipinski definition) is 1. The van der Waals surface area contributed by atoms with Crippen LogP contribution in [0.4, 0.5) is 5.69 Å². The molecule has 0 bridgehead atoms. The van der Waals surface area contributed by atoms with Crippen LogP contribution in [0.15, 0.2) is 48.8 Å². The lowest BCUT2D eigenvalue weighted by atomic mass is 9.80. The van der Waals surface area contributed by atoms with Crippen molar-refractivity contribution in [2.45, 2.75) is 77.7 Å². The number of benzene rings is 1. The van der Waals surface area contributed by atoms with Crippen LogP contribution in [0.5, 0.6) is 0 Å². The molecule has 1 saturated heterocycles. The van der Waals surface area contributed by atoms with Crippen LogP contribution in [0.1, 0.15) is 83.4 Å². The minimum atomic E-state index is -0.666. The summed E-state index contributed by atoms with van der Waals surface area (Å²) in [6.07, 6.45) is 9.81. The summed E-state index contributed by atoms with van der Waals surface area (Å²) < 4.78 is 0. The van der Waals surface area contributed by atoms with Crippen LogP contribution in [0.2, 0.25) is 0 Å². The van der Waals surface area contributed by atoms with E-state index in [9.17, 15) is 9.59 Å². The van der Waals surface area contributed by atoms with Crippen LogP contribution in [-0.2, 0) is 15.0 Å². The van der Waals surface area contributed by atoms with Gasteiger partial charge in [-0.15, -0.1) is 0 Å². The number of nitrogens with one attached hydrogen (secondary N) is 1. The van der Waals surface area contributed by atoms with E-state index in [0.29, 0.717) is 25.4 Å². The number of carbonyl (C=O) groups excluding carboxylic acids is 2. The van der Waals surface area contributed by atoms with E-state index in [4.69, 9.17) is 0 Å². The number of aromatic nitrogens is 1. The van der Waals surface area contributed by atoms with Gasteiger partial charge in [-0.1, -0.05) is 71.1 Å². The second-order valence-corrected chi connectivity index (χ2v) is 11.5. The summed E-state index contributed by atoms with van der Waals surface area (Å²) in [7, 11) is 0. The second kappa shape index (κ2) is 9.99. The first-order chi connectivity index (χ1) is 16.2. The molecule has 1 aromatic carbocycles. The Labute approximate surface area is 204 Å². The van der Waals surface area contributed by atoms with Gasteiger partial charge < -0.3 is 5.32 Å². The smallest absolute Gasteiger partial charge is 0.236 e. The third-order valence-electron chi connectivity index (χ3n) is 7.55. The average Bonchev–Trinajstić information content (AvgIpc) is 2.81. The van der Waals surface area contributed by atoms with Crippen LogP contribution >= 0.6 is 0 Å². The molecule has 1 aliphatic carbocycles. The number of carbonyl (C=O) groups is 2. The molecule has 2 fully saturated rings. The number of pyridine rings is 1. The van der Waals surface area contributed by atoms with Gasteiger partial charge in [0, 0.05) is 43.2 Å². The van der Waals surface area contributed by atoms with Crippen molar-refractivity contribution in [1.82, 2.24) is 10.3 Å². The van der Waals surface area contributed by atoms with Crippen molar-refractivity contribution in [2.75, 3.05) is 18.0 Å². The largest absolute Gasteiger partial charge is 0.315 e. The topological polar surface area (TPSA) is 62.3 Å². The van der Waals surface area contributed by atoms with Gasteiger partial charge in [0.2, 0.25) is 5.91 Å². The van der Waals surface area contributed by atoms with Gasteiger partial charge in [0.15, 0.2) is 5.78 Å². The second-order valence-electron chi connectivity index (χ2n) is 11.5. The maximum atomic E-state index is 14.1. The molecule has 2 aromatic rings. The molecule has 1 aromatic heterocycles. The van der Waals surface area contributed by atoms with Crippen molar-refractivity contribution in [1.29, 1.82) is 0 Å². The van der Waals surface area contributed by atoms with Gasteiger partial charge in [0.1, 0.15) is 6.04 Å². The molecule has 2 heterocycles. The van der Waals surface area contributed by atoms with E-state index in [0.717, 1.165) is 24.1 Å². The molecule has 0 spiro atoms. The van der Waals surface area contributed by atoms with Crippen LogP contribution in [0.3, 0.4) is 0 Å². The number of rotatable bonds is 7. The molecular weight excluding hydrogens is 422 g/mol. The highest BCUT2D eigenvalue weighted by Gasteiger charge is 2.46. The molecule has 182 valence electrons. The van der Waals surface area contributed by atoms with Crippen LogP contribution in [0, 0.1) is 11.3 Å². The van der Waals surface area contributed by atoms with Crippen molar-refractivity contribution in [3.8, 4) is 0 Å². The molecular formula is C29H39N3O2. The zero-order chi connectivity index (χ0) is 24.3. The van der Waals surface area contributed by atoms with Crippen molar-refractivity contribution in [2.24, 2.45) is 11.3 Å². The van der Waals surface area contributed by atoms with Gasteiger partial charge in [0.25, 0.3) is 0 Å². The number of hydrogen-bond acceptors (Lipinski definition) is 4. The fourth-order valence-corrected chi connectivity index (χ4v) is 5.25. The summed E-state index contributed by atoms with van der Waals surface area (Å²) in [6.45, 7) is 9.78. The minimum Gasteiger partial charge on any atom is -0.315 e. The molecule has 4 rings (SSSR count). The van der Waals surface area contributed by atoms with Gasteiger partial charge in [-0.2, -0.15) is 0 Å².